The summed E-state index contributed by atoms with van der Waals surface area (Å²) in [6.45, 7) is 0.00672. The molecule has 7 nitrogen and oxygen atoms in total. The predicted molar refractivity (Wildman–Crippen MR) is 98.3 cm³/mol. The molecular weight excluding hydrogens is 348 g/mol. The first-order valence-electron chi connectivity index (χ1n) is 9.22. The predicted octanol–water partition coefficient (Wildman–Crippen LogP) is 2.74. The molecule has 1 saturated carbocycles. The second-order valence-corrected chi connectivity index (χ2v) is 6.59. The van der Waals surface area contributed by atoms with Crippen molar-refractivity contribution in [2.75, 3.05) is 20.3 Å². The molecule has 0 saturated heterocycles. The third-order valence-corrected chi connectivity index (χ3v) is 4.52. The zero-order valence-corrected chi connectivity index (χ0v) is 15.7. The summed E-state index contributed by atoms with van der Waals surface area (Å²) < 4.78 is 15.6. The van der Waals surface area contributed by atoms with Crippen LogP contribution >= 0.6 is 0 Å². The lowest BCUT2D eigenvalue weighted by Gasteiger charge is -2.31. The van der Waals surface area contributed by atoms with E-state index in [4.69, 9.17) is 14.2 Å². The number of nitriles is 1. The number of carbonyl (C=O) groups excluding carboxylic acids is 2. The molecule has 1 aliphatic carbocycles. The Balaban J connectivity index is 1.61. The zero-order valence-electron chi connectivity index (χ0n) is 15.7. The van der Waals surface area contributed by atoms with Gasteiger partial charge in [0, 0.05) is 6.42 Å². The van der Waals surface area contributed by atoms with Crippen LogP contribution in [-0.4, -0.2) is 37.7 Å². The Bertz CT molecular complexity index is 660. The van der Waals surface area contributed by atoms with E-state index in [1.807, 2.05) is 0 Å². The second-order valence-electron chi connectivity index (χ2n) is 6.59. The minimum absolute atomic E-state index is 0.160. The first kappa shape index (κ1) is 20.6. The molecule has 1 N–H and O–H groups in total. The molecule has 0 heterocycles. The minimum Gasteiger partial charge on any atom is -0.497 e. The number of nitrogens with zero attached hydrogens (tertiary/aromatic N) is 1. The molecule has 1 aliphatic rings. The fourth-order valence-electron chi connectivity index (χ4n) is 3.02. The summed E-state index contributed by atoms with van der Waals surface area (Å²) in [6.07, 6.45) is 4.84. The van der Waals surface area contributed by atoms with E-state index < -0.39 is 17.4 Å². The maximum absolute atomic E-state index is 12.0. The third-order valence-electron chi connectivity index (χ3n) is 4.52. The van der Waals surface area contributed by atoms with Crippen LogP contribution in [0.5, 0.6) is 11.5 Å². The van der Waals surface area contributed by atoms with Crippen molar-refractivity contribution in [2.24, 2.45) is 0 Å². The van der Waals surface area contributed by atoms with Gasteiger partial charge in [-0.1, -0.05) is 19.3 Å². The van der Waals surface area contributed by atoms with Crippen molar-refractivity contribution in [1.82, 2.24) is 5.32 Å². The van der Waals surface area contributed by atoms with Crippen LogP contribution in [0.4, 0.5) is 0 Å². The SMILES string of the molecule is COc1ccc(OCCCC(=O)OCC(=O)NC2(C#N)CCCCC2)cc1. The first-order chi connectivity index (χ1) is 13.1. The molecule has 1 aromatic carbocycles. The highest BCUT2D eigenvalue weighted by molar-refractivity contribution is 5.81. The van der Waals surface area contributed by atoms with Gasteiger partial charge < -0.3 is 19.5 Å². The highest BCUT2D eigenvalue weighted by Crippen LogP contribution is 2.27. The Labute approximate surface area is 159 Å². The summed E-state index contributed by atoms with van der Waals surface area (Å²) in [5, 5.41) is 12.1. The fraction of sp³-hybridized carbons (Fsp3) is 0.550. The number of benzene rings is 1. The highest BCUT2D eigenvalue weighted by Gasteiger charge is 2.33. The third kappa shape index (κ3) is 6.81. The van der Waals surface area contributed by atoms with Crippen LogP contribution < -0.4 is 14.8 Å². The minimum atomic E-state index is -0.812. The molecule has 0 aliphatic heterocycles. The molecule has 146 valence electrons. The summed E-state index contributed by atoms with van der Waals surface area (Å²) in [5.74, 6) is 0.549. The molecule has 0 bridgehead atoms. The number of hydrogen-bond donors (Lipinski definition) is 1. The maximum Gasteiger partial charge on any atom is 0.306 e. The quantitative estimate of drug-likeness (QED) is 0.527. The zero-order chi connectivity index (χ0) is 19.5. The number of ether oxygens (including phenoxy) is 3. The number of amides is 1. The van der Waals surface area contributed by atoms with Gasteiger partial charge in [-0.2, -0.15) is 5.26 Å². The summed E-state index contributed by atoms with van der Waals surface area (Å²) >= 11 is 0. The van der Waals surface area contributed by atoms with Crippen LogP contribution in [0.3, 0.4) is 0 Å². The van der Waals surface area contributed by atoms with Gasteiger partial charge in [-0.15, -0.1) is 0 Å². The van der Waals surface area contributed by atoms with Gasteiger partial charge >= 0.3 is 5.97 Å². The smallest absolute Gasteiger partial charge is 0.306 e. The molecule has 0 unspecified atom stereocenters. The van der Waals surface area contributed by atoms with E-state index in [1.54, 1.807) is 31.4 Å². The van der Waals surface area contributed by atoms with Crippen molar-refractivity contribution >= 4 is 11.9 Å². The van der Waals surface area contributed by atoms with Crippen molar-refractivity contribution in [2.45, 2.75) is 50.5 Å². The molecule has 0 spiro atoms. The van der Waals surface area contributed by atoms with Crippen molar-refractivity contribution in [3.63, 3.8) is 0 Å². The van der Waals surface area contributed by atoms with E-state index in [2.05, 4.69) is 11.4 Å². The lowest BCUT2D eigenvalue weighted by atomic mass is 9.83. The molecule has 1 fully saturated rings. The monoisotopic (exact) mass is 374 g/mol. The topological polar surface area (TPSA) is 97.7 Å². The van der Waals surface area contributed by atoms with Crippen molar-refractivity contribution in [3.8, 4) is 17.6 Å². The van der Waals surface area contributed by atoms with Gasteiger partial charge in [-0.3, -0.25) is 9.59 Å². The summed E-state index contributed by atoms with van der Waals surface area (Å²) in [6, 6.07) is 9.37. The Morgan fingerprint density at radius 2 is 1.81 bits per heavy atom. The number of carbonyl (C=O) groups is 2. The van der Waals surface area contributed by atoms with Gasteiger partial charge in [0.05, 0.1) is 19.8 Å². The lowest BCUT2D eigenvalue weighted by molar-refractivity contribution is -0.149. The number of nitrogens with one attached hydrogen (secondary N) is 1. The van der Waals surface area contributed by atoms with Gasteiger partial charge in [-0.25, -0.2) is 0 Å². The normalized spacial score (nSPS) is 15.3. The number of rotatable bonds is 9. The number of methoxy groups -OCH3 is 1. The van der Waals surface area contributed by atoms with Gasteiger partial charge in [0.25, 0.3) is 5.91 Å². The summed E-state index contributed by atoms with van der Waals surface area (Å²) in [7, 11) is 1.59. The summed E-state index contributed by atoms with van der Waals surface area (Å²) in [4.78, 5) is 23.7. The average Bonchev–Trinajstić information content (AvgIpc) is 2.71. The Morgan fingerprint density at radius 3 is 2.44 bits per heavy atom. The average molecular weight is 374 g/mol. The Kier molecular flexibility index (Phi) is 7.93. The van der Waals surface area contributed by atoms with Crippen LogP contribution in [0, 0.1) is 11.3 Å². The fourth-order valence-corrected chi connectivity index (χ4v) is 3.02. The van der Waals surface area contributed by atoms with E-state index in [0.717, 1.165) is 25.0 Å². The van der Waals surface area contributed by atoms with Crippen LogP contribution in [0.25, 0.3) is 0 Å². The van der Waals surface area contributed by atoms with Crippen LogP contribution in [-0.2, 0) is 14.3 Å². The van der Waals surface area contributed by atoms with Gasteiger partial charge in [0.2, 0.25) is 0 Å². The molecule has 1 aromatic rings. The molecule has 2 rings (SSSR count). The van der Waals surface area contributed by atoms with E-state index in [9.17, 15) is 14.9 Å². The van der Waals surface area contributed by atoms with Crippen LogP contribution in [0.1, 0.15) is 44.9 Å². The second kappa shape index (κ2) is 10.4. The molecule has 0 aromatic heterocycles. The van der Waals surface area contributed by atoms with Gasteiger partial charge in [0.1, 0.15) is 17.0 Å². The number of hydrogen-bond acceptors (Lipinski definition) is 6. The van der Waals surface area contributed by atoms with Crippen molar-refractivity contribution < 1.29 is 23.8 Å². The standard InChI is InChI=1S/C20H26N2O5/c1-25-16-7-9-17(10-8-16)26-13-5-6-19(24)27-14-18(23)22-20(15-21)11-3-2-4-12-20/h7-10H,2-6,11-14H2,1H3,(H,22,23). The van der Waals surface area contributed by atoms with Gasteiger partial charge in [0.15, 0.2) is 6.61 Å². The van der Waals surface area contributed by atoms with Crippen LogP contribution in [0.2, 0.25) is 0 Å². The molecule has 0 radical (unpaired) electrons. The molecular formula is C20H26N2O5. The van der Waals surface area contributed by atoms with E-state index >= 15 is 0 Å². The first-order valence-corrected chi connectivity index (χ1v) is 9.22. The van der Waals surface area contributed by atoms with Gasteiger partial charge in [-0.05, 0) is 43.5 Å². The van der Waals surface area contributed by atoms with E-state index in [1.165, 1.54) is 0 Å². The van der Waals surface area contributed by atoms with E-state index in [-0.39, 0.29) is 13.0 Å². The maximum atomic E-state index is 12.0. The van der Waals surface area contributed by atoms with Crippen molar-refractivity contribution in [1.29, 1.82) is 5.26 Å². The molecule has 27 heavy (non-hydrogen) atoms. The lowest BCUT2D eigenvalue weighted by Crippen LogP contribution is -2.50. The van der Waals surface area contributed by atoms with Crippen molar-refractivity contribution in [3.05, 3.63) is 24.3 Å². The highest BCUT2D eigenvalue weighted by atomic mass is 16.5. The largest absolute Gasteiger partial charge is 0.497 e. The molecule has 0 atom stereocenters. The molecule has 1 amide bonds. The molecule has 7 heteroatoms. The van der Waals surface area contributed by atoms with Crippen LogP contribution in [0.15, 0.2) is 24.3 Å². The Hall–Kier alpha value is -2.75. The van der Waals surface area contributed by atoms with E-state index in [0.29, 0.717) is 31.6 Å². The summed E-state index contributed by atoms with van der Waals surface area (Å²) in [5.41, 5.74) is -0.812. The Morgan fingerprint density at radius 1 is 1.15 bits per heavy atom. The number of esters is 1.